The summed E-state index contributed by atoms with van der Waals surface area (Å²) in [5.74, 6) is 0.429. The van der Waals surface area contributed by atoms with E-state index in [1.807, 2.05) is 75.4 Å². The Balaban J connectivity index is 1.42. The minimum atomic E-state index is -0.523. The predicted molar refractivity (Wildman–Crippen MR) is 145 cm³/mol. The second kappa shape index (κ2) is 10.1. The van der Waals surface area contributed by atoms with Crippen LogP contribution in [0.4, 0.5) is 11.4 Å². The summed E-state index contributed by atoms with van der Waals surface area (Å²) in [5.41, 5.74) is 5.27. The highest BCUT2D eigenvalue weighted by molar-refractivity contribution is 5.96. The topological polar surface area (TPSA) is 112 Å². The molecule has 1 N–H and O–H groups in total. The SMILES string of the molecule is Cc1ccc(C)c(Oc2cc(NC(=O)Cn3nc(C)c4c(-c5ccccc5)ccnc43)cc([N+](=O)[O-])c2)c1. The van der Waals surface area contributed by atoms with Crippen molar-refractivity contribution < 1.29 is 14.5 Å². The Morgan fingerprint density at radius 3 is 2.58 bits per heavy atom. The van der Waals surface area contributed by atoms with Gasteiger partial charge in [-0.05, 0) is 55.2 Å². The molecule has 3 aromatic carbocycles. The minimum Gasteiger partial charge on any atom is -0.457 e. The Hall–Kier alpha value is -5.05. The first kappa shape index (κ1) is 24.6. The third kappa shape index (κ3) is 5.08. The molecule has 1 amide bonds. The highest BCUT2D eigenvalue weighted by Crippen LogP contribution is 2.32. The van der Waals surface area contributed by atoms with Crippen molar-refractivity contribution in [2.24, 2.45) is 0 Å². The molecule has 9 heteroatoms. The summed E-state index contributed by atoms with van der Waals surface area (Å²) < 4.78 is 7.49. The number of ether oxygens (including phenoxy) is 1. The summed E-state index contributed by atoms with van der Waals surface area (Å²) in [6.07, 6.45) is 1.69. The second-order valence-electron chi connectivity index (χ2n) is 9.06. The quantitative estimate of drug-likeness (QED) is 0.203. The Morgan fingerprint density at radius 1 is 1.03 bits per heavy atom. The number of benzene rings is 3. The molecule has 0 aliphatic carbocycles. The fourth-order valence-electron chi connectivity index (χ4n) is 4.35. The van der Waals surface area contributed by atoms with Crippen LogP contribution in [0.25, 0.3) is 22.2 Å². The van der Waals surface area contributed by atoms with E-state index in [-0.39, 0.29) is 23.7 Å². The van der Waals surface area contributed by atoms with Gasteiger partial charge in [-0.3, -0.25) is 14.9 Å². The van der Waals surface area contributed by atoms with E-state index in [9.17, 15) is 14.9 Å². The number of nitrogens with one attached hydrogen (secondary N) is 1. The van der Waals surface area contributed by atoms with Crippen LogP contribution in [-0.4, -0.2) is 25.6 Å². The molecule has 2 heterocycles. The summed E-state index contributed by atoms with van der Waals surface area (Å²) in [6.45, 7) is 5.58. The van der Waals surface area contributed by atoms with Crippen LogP contribution >= 0.6 is 0 Å². The third-order valence-corrected chi connectivity index (χ3v) is 6.14. The van der Waals surface area contributed by atoms with Gasteiger partial charge in [-0.15, -0.1) is 0 Å². The second-order valence-corrected chi connectivity index (χ2v) is 9.06. The molecule has 0 bridgehead atoms. The van der Waals surface area contributed by atoms with Gasteiger partial charge in [0.1, 0.15) is 18.0 Å². The van der Waals surface area contributed by atoms with Gasteiger partial charge >= 0.3 is 0 Å². The number of nitro groups is 1. The van der Waals surface area contributed by atoms with E-state index in [2.05, 4.69) is 15.4 Å². The lowest BCUT2D eigenvalue weighted by Gasteiger charge is -2.12. The van der Waals surface area contributed by atoms with Crippen LogP contribution in [0, 0.1) is 30.9 Å². The molecule has 0 aliphatic rings. The molecule has 0 saturated heterocycles. The van der Waals surface area contributed by atoms with E-state index < -0.39 is 10.8 Å². The third-order valence-electron chi connectivity index (χ3n) is 6.14. The van der Waals surface area contributed by atoms with Gasteiger partial charge in [0.25, 0.3) is 5.69 Å². The lowest BCUT2D eigenvalue weighted by molar-refractivity contribution is -0.384. The van der Waals surface area contributed by atoms with Gasteiger partial charge in [0.15, 0.2) is 5.65 Å². The van der Waals surface area contributed by atoms with E-state index in [0.717, 1.165) is 33.3 Å². The van der Waals surface area contributed by atoms with E-state index in [0.29, 0.717) is 11.4 Å². The maximum atomic E-state index is 13.0. The molecule has 2 aromatic heterocycles. The summed E-state index contributed by atoms with van der Waals surface area (Å²) in [4.78, 5) is 28.5. The molecule has 0 fully saturated rings. The monoisotopic (exact) mass is 507 g/mol. The largest absolute Gasteiger partial charge is 0.457 e. The van der Waals surface area contributed by atoms with E-state index >= 15 is 0 Å². The number of carbonyl (C=O) groups is 1. The molecule has 0 saturated carbocycles. The fourth-order valence-corrected chi connectivity index (χ4v) is 4.35. The predicted octanol–water partition coefficient (Wildman–Crippen LogP) is 6.36. The molecule has 0 spiro atoms. The van der Waals surface area contributed by atoms with Crippen molar-refractivity contribution in [3.05, 3.63) is 106 Å². The number of fused-ring (bicyclic) bond motifs is 1. The zero-order chi connectivity index (χ0) is 26.8. The average molecular weight is 508 g/mol. The Labute approximate surface area is 218 Å². The molecular weight excluding hydrogens is 482 g/mol. The lowest BCUT2D eigenvalue weighted by atomic mass is 10.0. The number of nitrogens with zero attached hydrogens (tertiary/aromatic N) is 4. The number of hydrogen-bond donors (Lipinski definition) is 1. The number of amides is 1. The highest BCUT2D eigenvalue weighted by atomic mass is 16.6. The van der Waals surface area contributed by atoms with Gasteiger partial charge in [0, 0.05) is 23.7 Å². The van der Waals surface area contributed by atoms with Gasteiger partial charge in [-0.25, -0.2) is 9.67 Å². The van der Waals surface area contributed by atoms with Crippen LogP contribution in [-0.2, 0) is 11.3 Å². The Morgan fingerprint density at radius 2 is 1.82 bits per heavy atom. The molecule has 5 rings (SSSR count). The van der Waals surface area contributed by atoms with Crippen molar-refractivity contribution in [3.8, 4) is 22.6 Å². The average Bonchev–Trinajstić information content (AvgIpc) is 3.21. The maximum Gasteiger partial charge on any atom is 0.275 e. The van der Waals surface area contributed by atoms with Crippen molar-refractivity contribution >= 4 is 28.3 Å². The van der Waals surface area contributed by atoms with Crippen molar-refractivity contribution in [1.29, 1.82) is 0 Å². The Kier molecular flexibility index (Phi) is 6.57. The maximum absolute atomic E-state index is 13.0. The zero-order valence-electron chi connectivity index (χ0n) is 21.1. The summed E-state index contributed by atoms with van der Waals surface area (Å²) >= 11 is 0. The van der Waals surface area contributed by atoms with Crippen LogP contribution in [0.2, 0.25) is 0 Å². The first-order chi connectivity index (χ1) is 18.3. The van der Waals surface area contributed by atoms with E-state index in [1.165, 1.54) is 16.8 Å². The summed E-state index contributed by atoms with van der Waals surface area (Å²) in [5, 5.41) is 19.7. The molecule has 190 valence electrons. The zero-order valence-corrected chi connectivity index (χ0v) is 21.1. The molecule has 5 aromatic rings. The molecule has 0 atom stereocenters. The van der Waals surface area contributed by atoms with E-state index in [1.54, 1.807) is 12.3 Å². The van der Waals surface area contributed by atoms with Crippen molar-refractivity contribution in [2.45, 2.75) is 27.3 Å². The molecule has 0 aliphatic heterocycles. The number of carbonyl (C=O) groups excluding carboxylic acids is 1. The van der Waals surface area contributed by atoms with Crippen LogP contribution in [0.15, 0.2) is 79.0 Å². The number of aromatic nitrogens is 3. The standard InChI is InChI=1S/C29H25N5O4/c1-18-9-10-19(2)26(13-18)38-24-15-22(14-23(16-24)34(36)37)31-27(35)17-33-29-28(20(3)32-33)25(11-12-30-29)21-7-5-4-6-8-21/h4-16H,17H2,1-3H3,(H,31,35). The smallest absolute Gasteiger partial charge is 0.275 e. The summed E-state index contributed by atoms with van der Waals surface area (Å²) in [6, 6.07) is 21.8. The van der Waals surface area contributed by atoms with Crippen LogP contribution in [0.1, 0.15) is 16.8 Å². The normalized spacial score (nSPS) is 10.9. The van der Waals surface area contributed by atoms with Gasteiger partial charge in [-0.1, -0.05) is 42.5 Å². The van der Waals surface area contributed by atoms with Gasteiger partial charge in [0.05, 0.1) is 22.4 Å². The molecule has 0 unspecified atom stereocenters. The lowest BCUT2D eigenvalue weighted by Crippen LogP contribution is -2.20. The number of non-ortho nitro benzene ring substituents is 1. The molecule has 9 nitrogen and oxygen atoms in total. The summed E-state index contributed by atoms with van der Waals surface area (Å²) in [7, 11) is 0. The van der Waals surface area contributed by atoms with Crippen molar-refractivity contribution in [3.63, 3.8) is 0 Å². The Bertz CT molecular complexity index is 1680. The molecule has 38 heavy (non-hydrogen) atoms. The van der Waals surface area contributed by atoms with Crippen LogP contribution in [0.5, 0.6) is 11.5 Å². The first-order valence-electron chi connectivity index (χ1n) is 12.0. The minimum absolute atomic E-state index is 0.120. The van der Waals surface area contributed by atoms with Gasteiger partial charge in [-0.2, -0.15) is 5.10 Å². The van der Waals surface area contributed by atoms with Gasteiger partial charge in [0.2, 0.25) is 5.91 Å². The molecule has 0 radical (unpaired) electrons. The number of nitro benzene ring substituents is 1. The number of pyridine rings is 1. The van der Waals surface area contributed by atoms with Gasteiger partial charge < -0.3 is 10.1 Å². The number of rotatable bonds is 7. The van der Waals surface area contributed by atoms with Crippen LogP contribution < -0.4 is 10.1 Å². The fraction of sp³-hybridized carbons (Fsp3) is 0.138. The van der Waals surface area contributed by atoms with E-state index in [4.69, 9.17) is 4.74 Å². The first-order valence-corrected chi connectivity index (χ1v) is 12.0. The number of aryl methyl sites for hydroxylation is 3. The van der Waals surface area contributed by atoms with Crippen molar-refractivity contribution in [2.75, 3.05) is 5.32 Å². The molecular formula is C29H25N5O4. The van der Waals surface area contributed by atoms with Crippen molar-refractivity contribution in [1.82, 2.24) is 14.8 Å². The highest BCUT2D eigenvalue weighted by Gasteiger charge is 2.18. The van der Waals surface area contributed by atoms with Crippen LogP contribution in [0.3, 0.4) is 0 Å². The number of hydrogen-bond acceptors (Lipinski definition) is 6. The number of anilines is 1.